The van der Waals surface area contributed by atoms with Crippen molar-refractivity contribution >= 4 is 27.8 Å². The first-order chi connectivity index (χ1) is 8.59. The van der Waals surface area contributed by atoms with E-state index in [-0.39, 0.29) is 12.5 Å². The number of carbonyl (C=O) groups is 2. The van der Waals surface area contributed by atoms with Crippen LogP contribution in [-0.4, -0.2) is 41.5 Å². The zero-order chi connectivity index (χ0) is 13.1. The predicted octanol–water partition coefficient (Wildman–Crippen LogP) is 1.01. The highest BCUT2D eigenvalue weighted by molar-refractivity contribution is 9.10. The molecule has 1 saturated heterocycles. The van der Waals surface area contributed by atoms with E-state index < -0.39 is 12.0 Å². The van der Waals surface area contributed by atoms with E-state index in [0.717, 1.165) is 4.47 Å². The van der Waals surface area contributed by atoms with Gasteiger partial charge in [-0.3, -0.25) is 4.79 Å². The molecule has 1 amide bonds. The number of nitrogens with zero attached hydrogens (tertiary/aromatic N) is 1. The topological polar surface area (TPSA) is 69.6 Å². The van der Waals surface area contributed by atoms with Crippen LogP contribution in [0.5, 0.6) is 0 Å². The van der Waals surface area contributed by atoms with Crippen molar-refractivity contribution in [1.82, 2.24) is 10.2 Å². The summed E-state index contributed by atoms with van der Waals surface area (Å²) >= 11 is 3.31. The van der Waals surface area contributed by atoms with Crippen LogP contribution < -0.4 is 5.32 Å². The minimum Gasteiger partial charge on any atom is -0.479 e. The highest BCUT2D eigenvalue weighted by Gasteiger charge is 2.32. The second kappa shape index (κ2) is 5.49. The molecule has 2 N–H and O–H groups in total. The van der Waals surface area contributed by atoms with Crippen LogP contribution in [0.3, 0.4) is 0 Å². The summed E-state index contributed by atoms with van der Waals surface area (Å²) in [5, 5.41) is 12.3. The number of piperazine rings is 1. The van der Waals surface area contributed by atoms with Crippen molar-refractivity contribution in [2.75, 3.05) is 19.6 Å². The van der Waals surface area contributed by atoms with E-state index in [2.05, 4.69) is 21.2 Å². The number of rotatable bonds is 3. The van der Waals surface area contributed by atoms with Crippen molar-refractivity contribution < 1.29 is 14.7 Å². The lowest BCUT2D eigenvalue weighted by molar-refractivity contribution is -0.151. The summed E-state index contributed by atoms with van der Waals surface area (Å²) < 4.78 is 0.800. The summed E-state index contributed by atoms with van der Waals surface area (Å²) in [5.41, 5.74) is 0.604. The number of aliphatic carboxylic acids is 1. The monoisotopic (exact) mass is 312 g/mol. The molecule has 1 atom stereocenters. The molecule has 1 aliphatic rings. The second-order valence-electron chi connectivity index (χ2n) is 4.06. The van der Waals surface area contributed by atoms with Crippen molar-refractivity contribution in [3.63, 3.8) is 0 Å². The molecule has 6 heteroatoms. The third-order valence-corrected chi connectivity index (χ3v) is 3.33. The number of hydrogen-bond acceptors (Lipinski definition) is 3. The van der Waals surface area contributed by atoms with E-state index in [1.807, 2.05) is 6.07 Å². The summed E-state index contributed by atoms with van der Waals surface area (Å²) in [4.78, 5) is 24.6. The van der Waals surface area contributed by atoms with Gasteiger partial charge in [0.05, 0.1) is 6.54 Å². The van der Waals surface area contributed by atoms with Crippen LogP contribution >= 0.6 is 15.9 Å². The first-order valence-corrected chi connectivity index (χ1v) is 6.37. The van der Waals surface area contributed by atoms with Crippen LogP contribution in [0.4, 0.5) is 0 Å². The number of halogens is 1. The Hall–Kier alpha value is -1.40. The minimum absolute atomic E-state index is 0.186. The summed E-state index contributed by atoms with van der Waals surface area (Å²) in [6.45, 7) is 1.21. The lowest BCUT2D eigenvalue weighted by atomic mass is 10.0. The number of nitrogens with one attached hydrogen (secondary N) is 1. The molecule has 0 aromatic heterocycles. The van der Waals surface area contributed by atoms with Gasteiger partial charge in [-0.15, -0.1) is 0 Å². The van der Waals surface area contributed by atoms with Gasteiger partial charge in [-0.1, -0.05) is 28.1 Å². The Labute approximate surface area is 113 Å². The molecular formula is C12H13BrN2O3. The summed E-state index contributed by atoms with van der Waals surface area (Å²) in [5.74, 6) is -1.20. The SMILES string of the molecule is O=C(O)C(c1cccc(Br)c1)N1CCNCC1=O. The standard InChI is InChI=1S/C12H13BrN2O3/c13-9-3-1-2-8(6-9)11(12(17)18)15-5-4-14-7-10(15)16/h1-3,6,11,14H,4-5,7H2,(H,17,18). The van der Waals surface area contributed by atoms with Gasteiger partial charge >= 0.3 is 5.97 Å². The Morgan fingerprint density at radius 3 is 2.89 bits per heavy atom. The molecule has 2 rings (SSSR count). The quantitative estimate of drug-likeness (QED) is 0.874. The van der Waals surface area contributed by atoms with Gasteiger partial charge in [-0.25, -0.2) is 4.79 Å². The molecule has 1 heterocycles. The van der Waals surface area contributed by atoms with Crippen molar-refractivity contribution in [1.29, 1.82) is 0 Å². The number of carboxylic acid groups (broad SMARTS) is 1. The Morgan fingerprint density at radius 1 is 1.50 bits per heavy atom. The number of benzene rings is 1. The molecule has 0 bridgehead atoms. The second-order valence-corrected chi connectivity index (χ2v) is 4.98. The van der Waals surface area contributed by atoms with E-state index in [9.17, 15) is 14.7 Å². The van der Waals surface area contributed by atoms with E-state index >= 15 is 0 Å². The Bertz CT molecular complexity index is 478. The summed E-state index contributed by atoms with van der Waals surface area (Å²) in [6.07, 6.45) is 0. The normalized spacial score (nSPS) is 17.6. The molecule has 1 unspecified atom stereocenters. The number of amides is 1. The fraction of sp³-hybridized carbons (Fsp3) is 0.333. The van der Waals surface area contributed by atoms with Crippen LogP contribution in [0.25, 0.3) is 0 Å². The van der Waals surface area contributed by atoms with Gasteiger partial charge in [0.15, 0.2) is 6.04 Å². The third kappa shape index (κ3) is 2.70. The number of hydrogen-bond donors (Lipinski definition) is 2. The van der Waals surface area contributed by atoms with Gasteiger partial charge in [0, 0.05) is 17.6 Å². The molecular weight excluding hydrogens is 300 g/mol. The molecule has 0 saturated carbocycles. The van der Waals surface area contributed by atoms with Gasteiger partial charge < -0.3 is 15.3 Å². The molecule has 1 aromatic rings. The largest absolute Gasteiger partial charge is 0.479 e. The average molecular weight is 313 g/mol. The van der Waals surface area contributed by atoms with E-state index in [1.54, 1.807) is 18.2 Å². The maximum Gasteiger partial charge on any atom is 0.331 e. The lowest BCUT2D eigenvalue weighted by Crippen LogP contribution is -2.51. The van der Waals surface area contributed by atoms with Crippen LogP contribution in [0.1, 0.15) is 11.6 Å². The molecule has 96 valence electrons. The summed E-state index contributed by atoms with van der Waals surface area (Å²) in [6, 6.07) is 6.12. The van der Waals surface area contributed by atoms with Crippen LogP contribution in [0, 0.1) is 0 Å². The van der Waals surface area contributed by atoms with Gasteiger partial charge in [-0.2, -0.15) is 0 Å². The third-order valence-electron chi connectivity index (χ3n) is 2.84. The van der Waals surface area contributed by atoms with Crippen molar-refractivity contribution in [3.05, 3.63) is 34.3 Å². The molecule has 1 aromatic carbocycles. The van der Waals surface area contributed by atoms with Crippen molar-refractivity contribution in [2.24, 2.45) is 0 Å². The fourth-order valence-electron chi connectivity index (χ4n) is 2.03. The Kier molecular flexibility index (Phi) is 3.98. The molecule has 0 aliphatic carbocycles. The Morgan fingerprint density at radius 2 is 2.28 bits per heavy atom. The molecule has 18 heavy (non-hydrogen) atoms. The van der Waals surface area contributed by atoms with Crippen molar-refractivity contribution in [2.45, 2.75) is 6.04 Å². The van der Waals surface area contributed by atoms with Gasteiger partial charge in [-0.05, 0) is 17.7 Å². The highest BCUT2D eigenvalue weighted by atomic mass is 79.9. The number of carbonyl (C=O) groups excluding carboxylic acids is 1. The van der Waals surface area contributed by atoms with Crippen LogP contribution in [-0.2, 0) is 9.59 Å². The fourth-order valence-corrected chi connectivity index (χ4v) is 2.44. The molecule has 1 fully saturated rings. The average Bonchev–Trinajstić information content (AvgIpc) is 2.32. The van der Waals surface area contributed by atoms with E-state index in [1.165, 1.54) is 4.90 Å². The smallest absolute Gasteiger partial charge is 0.331 e. The first kappa shape index (κ1) is 13.0. The number of carboxylic acids is 1. The van der Waals surface area contributed by atoms with Gasteiger partial charge in [0.2, 0.25) is 5.91 Å². The van der Waals surface area contributed by atoms with Crippen LogP contribution in [0.2, 0.25) is 0 Å². The van der Waals surface area contributed by atoms with Crippen LogP contribution in [0.15, 0.2) is 28.7 Å². The zero-order valence-electron chi connectivity index (χ0n) is 9.60. The summed E-state index contributed by atoms with van der Waals surface area (Å²) in [7, 11) is 0. The Balaban J connectivity index is 2.33. The molecule has 1 aliphatic heterocycles. The maximum atomic E-state index is 11.8. The minimum atomic E-state index is -1.01. The zero-order valence-corrected chi connectivity index (χ0v) is 11.2. The first-order valence-electron chi connectivity index (χ1n) is 5.58. The van der Waals surface area contributed by atoms with E-state index in [0.29, 0.717) is 18.7 Å². The van der Waals surface area contributed by atoms with Crippen molar-refractivity contribution in [3.8, 4) is 0 Å². The maximum absolute atomic E-state index is 11.8. The molecule has 0 spiro atoms. The van der Waals surface area contributed by atoms with Gasteiger partial charge in [0.25, 0.3) is 0 Å². The molecule has 0 radical (unpaired) electrons. The lowest BCUT2D eigenvalue weighted by Gasteiger charge is -2.32. The van der Waals surface area contributed by atoms with E-state index in [4.69, 9.17) is 0 Å². The van der Waals surface area contributed by atoms with Gasteiger partial charge in [0.1, 0.15) is 0 Å². The predicted molar refractivity (Wildman–Crippen MR) is 69.1 cm³/mol. The molecule has 5 nitrogen and oxygen atoms in total. The highest BCUT2D eigenvalue weighted by Crippen LogP contribution is 2.24.